The van der Waals surface area contributed by atoms with Crippen molar-refractivity contribution < 1.29 is 107 Å². The fraction of sp³-hybridized carbons (Fsp3) is 0.305. The first-order valence-corrected chi connectivity index (χ1v) is 51.2. The Morgan fingerprint density at radius 1 is 0.452 bits per heavy atom. The van der Waals surface area contributed by atoms with E-state index in [1.165, 1.54) is 85.9 Å². The number of ether oxygens (including phenoxy) is 14. The molecule has 4 aromatic heterocycles. The van der Waals surface area contributed by atoms with Crippen molar-refractivity contribution in [1.29, 1.82) is 0 Å². The van der Waals surface area contributed by atoms with Gasteiger partial charge in [0, 0.05) is 118 Å². The van der Waals surface area contributed by atoms with E-state index in [9.17, 15) is 55.9 Å². The third-order valence-corrected chi connectivity index (χ3v) is 26.6. The first-order valence-electron chi connectivity index (χ1n) is 46.1. The SMILES string of the molecule is COc1ccc(CNC(=O)c2c(Oc3cccc(O[C@H]4CCOC4)c3C)cc(=O)n(C)c2Nc2ccc(I)cc2F)cc1.COc1ccc(Cn2c(=O)c3c(Oc4cccc(O[C@H]5CCOC5)c4C)cc(=O)n(C)c3n(-c3ccc(I)cc3F)c2=O)cc1.CS(=O)(=O)O[C@@H]1CCOC1.Cc1c(O)cccc1O[C@H]1CCOC1.Cc1c(Oc2cc(=O)n(C)c(Nc3ccc(I)cc3F)c2C(N)=O)cccc1O[C@H]1CCOC1. The summed E-state index contributed by atoms with van der Waals surface area (Å²) in [5.74, 6) is 2.09. The second-order valence-corrected chi connectivity index (χ2v) is 39.6. The highest BCUT2D eigenvalue weighted by Gasteiger charge is 2.32. The van der Waals surface area contributed by atoms with Crippen molar-refractivity contribution >= 4 is 124 Å². The lowest BCUT2D eigenvalue weighted by Gasteiger charge is -2.21. The number of nitrogens with one attached hydrogen (secondary N) is 3. The molecule has 770 valence electrons. The first kappa shape index (κ1) is 109. The molecule has 34 nitrogen and oxygen atoms in total. The van der Waals surface area contributed by atoms with E-state index in [-0.39, 0.29) is 117 Å². The van der Waals surface area contributed by atoms with Gasteiger partial charge in [0.15, 0.2) is 0 Å². The van der Waals surface area contributed by atoms with Gasteiger partial charge >= 0.3 is 5.69 Å². The van der Waals surface area contributed by atoms with Crippen molar-refractivity contribution in [3.63, 3.8) is 0 Å². The molecular formula is C105H107F3I3N9O25S. The van der Waals surface area contributed by atoms with Crippen LogP contribution in [0.15, 0.2) is 218 Å². The van der Waals surface area contributed by atoms with Gasteiger partial charge < -0.3 is 93.1 Å². The lowest BCUT2D eigenvalue weighted by Crippen LogP contribution is -2.42. The number of methoxy groups -OCH3 is 2. The van der Waals surface area contributed by atoms with Gasteiger partial charge in [0.2, 0.25) is 0 Å². The maximum Gasteiger partial charge on any atom is 0.337 e. The molecule has 5 aliphatic heterocycles. The fourth-order valence-electron chi connectivity index (χ4n) is 15.8. The zero-order valence-corrected chi connectivity index (χ0v) is 88.4. The molecule has 9 aromatic carbocycles. The highest BCUT2D eigenvalue weighted by molar-refractivity contribution is 14.1. The van der Waals surface area contributed by atoms with Crippen LogP contribution in [0.2, 0.25) is 0 Å². The van der Waals surface area contributed by atoms with Crippen LogP contribution in [0.25, 0.3) is 16.7 Å². The number of phenols is 1. The molecule has 5 saturated heterocycles. The lowest BCUT2D eigenvalue weighted by molar-refractivity contribution is 0.0947. The molecule has 5 aliphatic rings. The Kier molecular flexibility index (Phi) is 37.2. The summed E-state index contributed by atoms with van der Waals surface area (Å²) < 4.78 is 158. The minimum atomic E-state index is -3.29. The molecule has 6 N–H and O–H groups in total. The van der Waals surface area contributed by atoms with Crippen molar-refractivity contribution in [3.05, 3.63) is 319 Å². The Morgan fingerprint density at radius 2 is 0.822 bits per heavy atom. The number of nitrogens with two attached hydrogens (primary N) is 1. The van der Waals surface area contributed by atoms with E-state index in [4.69, 9.17) is 72.0 Å². The zero-order valence-electron chi connectivity index (χ0n) is 81.1. The number of nitrogens with zero attached hydrogens (tertiary/aromatic N) is 5. The van der Waals surface area contributed by atoms with Crippen LogP contribution in [-0.4, -0.2) is 165 Å². The molecule has 18 rings (SSSR count). The summed E-state index contributed by atoms with van der Waals surface area (Å²) in [7, 11) is 4.21. The quantitative estimate of drug-likeness (QED) is 0.0215. The van der Waals surface area contributed by atoms with Gasteiger partial charge in [0.25, 0.3) is 44.2 Å². The van der Waals surface area contributed by atoms with Crippen molar-refractivity contribution in [1.82, 2.24) is 28.2 Å². The molecule has 2 amide bonds. The van der Waals surface area contributed by atoms with E-state index >= 15 is 4.39 Å². The van der Waals surface area contributed by atoms with Crippen molar-refractivity contribution in [3.8, 4) is 80.4 Å². The summed E-state index contributed by atoms with van der Waals surface area (Å²) in [6, 6.07) is 52.4. The Bertz CT molecular complexity index is 7370. The number of rotatable bonds is 29. The number of aryl methyl sites for hydroxylation is 1. The standard InChI is InChI=1S/C33H29FIN3O7.C32H31FIN3O6.C24H23FIN3O5.C11H14O3.C5H10O4S/c1-19-26(44-23-13-14-43-18-23)5-4-6-27(19)45-28-16-29(39)36(2)31-30(28)32(40)37(17-20-7-10-22(42-3)11-8-20)33(41)38(31)25-12-9-21(35)15-24(25)34;1-19-26(42-23-13-14-41-18-23)5-4-6-27(19)43-28-16-29(38)37(2)31(36-25-12-9-21(34)15-24(25)33)30(28)32(39)35-17-20-7-10-22(40-3)11-8-20;1-13-18(33-15-8-9-32-12-15)4-3-5-19(13)34-20-11-21(30)29(2)24(22(20)23(27)31)28-17-7-6-14(26)10-16(17)25;1-8-10(12)3-2-4-11(8)14-9-5-6-13-7-9;1-10(6,7)9-5-2-3-8-4-5/h4-12,15-16,23H,13-14,17-18H2,1-3H3;4-12,15-16,23,36H,13-14,17-18H2,1-3H3,(H,35,39);3-7,10-11,15,28H,8-9,12H2,1-2H3,(H2,27,31);2-4,9,12H,5-7H2,1H3;5H,2-4H2,1H3/t2*23-;15-;9-;5-/m00001/s1. The smallest absolute Gasteiger partial charge is 0.337 e. The van der Waals surface area contributed by atoms with E-state index in [1.54, 1.807) is 116 Å². The predicted molar refractivity (Wildman–Crippen MR) is 566 cm³/mol. The number of hydrogen-bond acceptors (Lipinski definition) is 27. The maximum atomic E-state index is 15.5. The Labute approximate surface area is 878 Å². The highest BCUT2D eigenvalue weighted by Crippen LogP contribution is 2.42. The molecule has 0 aliphatic carbocycles. The van der Waals surface area contributed by atoms with Gasteiger partial charge in [-0.3, -0.25) is 51.2 Å². The van der Waals surface area contributed by atoms with Gasteiger partial charge in [-0.2, -0.15) is 8.42 Å². The monoisotopic (exact) mass is 2360 g/mol. The van der Waals surface area contributed by atoms with Crippen LogP contribution in [0.5, 0.6) is 74.7 Å². The summed E-state index contributed by atoms with van der Waals surface area (Å²) in [5, 5.41) is 18.1. The number of benzene rings is 9. The normalized spacial score (nSPS) is 16.1. The second kappa shape index (κ2) is 49.9. The topological polar surface area (TPSA) is 399 Å². The summed E-state index contributed by atoms with van der Waals surface area (Å²) in [4.78, 5) is 93.8. The third-order valence-electron chi connectivity index (χ3n) is 23.9. The minimum absolute atomic E-state index is 0.00759. The predicted octanol–water partition coefficient (Wildman–Crippen LogP) is 16.9. The summed E-state index contributed by atoms with van der Waals surface area (Å²) in [6.07, 6.45) is 4.61. The van der Waals surface area contributed by atoms with Crippen LogP contribution < -0.4 is 92.2 Å². The number of amides is 2. The number of carbonyl (C=O) groups excluding carboxylic acids is 2. The van der Waals surface area contributed by atoms with Gasteiger partial charge in [-0.1, -0.05) is 48.5 Å². The molecular weight excluding hydrogens is 2260 g/mol. The number of carbonyl (C=O) groups is 2. The van der Waals surface area contributed by atoms with E-state index in [1.807, 2.05) is 132 Å². The average Bonchev–Trinajstić information content (AvgIpc) is 1.29. The van der Waals surface area contributed by atoms with E-state index in [2.05, 4.69) is 20.1 Å². The molecule has 146 heavy (non-hydrogen) atoms. The molecule has 5 fully saturated rings. The summed E-state index contributed by atoms with van der Waals surface area (Å²) in [5.41, 5.74) is 6.85. The molecule has 5 atom stereocenters. The highest BCUT2D eigenvalue weighted by atomic mass is 127. The van der Waals surface area contributed by atoms with Gasteiger partial charge in [-0.05, 0) is 234 Å². The number of hydrogen-bond donors (Lipinski definition) is 5. The Morgan fingerprint density at radius 3 is 1.23 bits per heavy atom. The van der Waals surface area contributed by atoms with Gasteiger partial charge in [0.1, 0.15) is 157 Å². The van der Waals surface area contributed by atoms with Crippen LogP contribution in [0.3, 0.4) is 0 Å². The number of fused-ring (bicyclic) bond motifs is 1. The molecule has 0 saturated carbocycles. The summed E-state index contributed by atoms with van der Waals surface area (Å²) in [6.45, 7) is 13.2. The Hall–Kier alpha value is -13.0. The van der Waals surface area contributed by atoms with E-state index in [0.717, 1.165) is 69.1 Å². The van der Waals surface area contributed by atoms with Crippen LogP contribution in [0.4, 0.5) is 36.2 Å². The minimum Gasteiger partial charge on any atom is -0.508 e. The Balaban J connectivity index is 0.000000156. The van der Waals surface area contributed by atoms with Gasteiger partial charge in [0.05, 0.1) is 104 Å². The summed E-state index contributed by atoms with van der Waals surface area (Å²) >= 11 is 5.96. The van der Waals surface area contributed by atoms with Crippen molar-refractivity contribution in [2.45, 2.75) is 103 Å². The number of anilines is 4. The third kappa shape index (κ3) is 27.6. The largest absolute Gasteiger partial charge is 0.508 e. The number of phenolic OH excluding ortho intramolecular Hbond substituents is 1. The van der Waals surface area contributed by atoms with Crippen LogP contribution in [-0.2, 0) is 72.2 Å². The lowest BCUT2D eigenvalue weighted by atomic mass is 10.1. The maximum absolute atomic E-state index is 15.5. The molecule has 0 radical (unpaired) electrons. The van der Waals surface area contributed by atoms with E-state index in [0.29, 0.717) is 145 Å². The van der Waals surface area contributed by atoms with Gasteiger partial charge in [-0.25, -0.2) is 22.5 Å². The van der Waals surface area contributed by atoms with Crippen LogP contribution in [0.1, 0.15) is 86.2 Å². The van der Waals surface area contributed by atoms with E-state index < -0.39 is 67.3 Å². The average molecular weight is 2360 g/mol. The second-order valence-electron chi connectivity index (χ2n) is 34.3. The molecule has 41 heteroatoms. The zero-order chi connectivity index (χ0) is 104. The molecule has 13 aromatic rings. The molecule has 0 unspecified atom stereocenters. The molecule has 0 spiro atoms. The fourth-order valence-corrected chi connectivity index (χ4v) is 17.9. The number of pyridine rings is 3. The number of halogens is 6. The van der Waals surface area contributed by atoms with Crippen LogP contribution >= 0.6 is 67.8 Å². The number of aromatic hydroxyl groups is 1. The molecule has 0 bridgehead atoms. The number of aromatic nitrogens is 5. The molecule has 9 heterocycles. The first-order chi connectivity index (χ1) is 70.0. The van der Waals surface area contributed by atoms with Crippen molar-refractivity contribution in [2.24, 2.45) is 26.9 Å². The van der Waals surface area contributed by atoms with Crippen molar-refractivity contribution in [2.75, 3.05) is 97.2 Å². The number of primary amides is 1. The van der Waals surface area contributed by atoms with Gasteiger partial charge in [-0.15, -0.1) is 0 Å². The van der Waals surface area contributed by atoms with Crippen LogP contribution in [0, 0.1) is 55.9 Å².